The molecule has 34 heavy (non-hydrogen) atoms. The molecule has 1 aliphatic rings. The van der Waals surface area contributed by atoms with Crippen LogP contribution in [-0.4, -0.2) is 53.8 Å². The van der Waals surface area contributed by atoms with Gasteiger partial charge in [0.25, 0.3) is 5.91 Å². The Kier molecular flexibility index (Phi) is 6.00. The molecule has 0 aliphatic carbocycles. The van der Waals surface area contributed by atoms with Gasteiger partial charge in [-0.25, -0.2) is 9.97 Å². The molecule has 3 aromatic rings. The van der Waals surface area contributed by atoms with Crippen LogP contribution in [0.2, 0.25) is 0 Å². The first-order valence-corrected chi connectivity index (χ1v) is 11.5. The number of hydrogen-bond donors (Lipinski definition) is 5. The number of nitrogens with one attached hydrogen (secondary N) is 2. The number of aromatic nitrogens is 3. The number of amides is 1. The Labute approximate surface area is 196 Å². The predicted octanol–water partition coefficient (Wildman–Crippen LogP) is 2.38. The van der Waals surface area contributed by atoms with Crippen molar-refractivity contribution >= 4 is 34.7 Å². The molecule has 4 rings (SSSR count). The number of nitrogens with zero attached hydrogens (tertiary/aromatic N) is 4. The highest BCUT2D eigenvalue weighted by Crippen LogP contribution is 2.46. The summed E-state index contributed by atoms with van der Waals surface area (Å²) in [4.78, 5) is 31.9. The van der Waals surface area contributed by atoms with Crippen molar-refractivity contribution in [3.05, 3.63) is 65.9 Å². The summed E-state index contributed by atoms with van der Waals surface area (Å²) in [5.74, 6) is 0.403. The Morgan fingerprint density at radius 1 is 1.32 bits per heavy atom. The summed E-state index contributed by atoms with van der Waals surface area (Å²) in [6, 6.07) is 8.13. The second-order valence-electron chi connectivity index (χ2n) is 8.13. The highest BCUT2D eigenvalue weighted by molar-refractivity contribution is 8.24. The number of fused-ring (bicyclic) bond motifs is 1. The van der Waals surface area contributed by atoms with Gasteiger partial charge in [-0.1, -0.05) is 6.07 Å². The molecule has 0 unspecified atom stereocenters. The smallest absolute Gasteiger partial charge is 0.252 e. The fourth-order valence-corrected chi connectivity index (χ4v) is 4.13. The lowest BCUT2D eigenvalue weighted by atomic mass is 10.1. The summed E-state index contributed by atoms with van der Waals surface area (Å²) in [5.41, 5.74) is 6.54. The number of pyridine rings is 1. The lowest BCUT2D eigenvalue weighted by Gasteiger charge is -2.34. The van der Waals surface area contributed by atoms with Crippen LogP contribution in [0, 0.1) is 0 Å². The summed E-state index contributed by atoms with van der Waals surface area (Å²) < 4.78 is 33.3. The number of rotatable bonds is 7. The Balaban J connectivity index is 1.46. The van der Waals surface area contributed by atoms with E-state index in [1.54, 1.807) is 48.7 Å². The van der Waals surface area contributed by atoms with Crippen molar-refractivity contribution < 1.29 is 23.4 Å². The first kappa shape index (κ1) is 23.2. The monoisotopic (exact) mass is 485 g/mol. The Hall–Kier alpha value is -3.94. The number of carbonyl (C=O) groups is 2. The zero-order valence-electron chi connectivity index (χ0n) is 18.3. The van der Waals surface area contributed by atoms with E-state index in [0.717, 1.165) is 0 Å². The summed E-state index contributed by atoms with van der Waals surface area (Å²) >= 11 is 0. The molecule has 1 aliphatic heterocycles. The van der Waals surface area contributed by atoms with Crippen LogP contribution in [-0.2, 0) is 0 Å². The van der Waals surface area contributed by atoms with Crippen molar-refractivity contribution in [1.29, 1.82) is 0 Å². The molecule has 12 nitrogen and oxygen atoms in total. The summed E-state index contributed by atoms with van der Waals surface area (Å²) in [5, 5.41) is 2.92. The summed E-state index contributed by atoms with van der Waals surface area (Å²) in [6.07, 6.45) is 5.07. The normalized spacial score (nSPS) is 15.4. The van der Waals surface area contributed by atoms with E-state index in [2.05, 4.69) is 24.4 Å². The van der Waals surface area contributed by atoms with E-state index in [1.807, 2.05) is 0 Å². The van der Waals surface area contributed by atoms with Crippen LogP contribution in [0.25, 0.3) is 5.82 Å². The van der Waals surface area contributed by atoms with Crippen molar-refractivity contribution in [3.8, 4) is 11.6 Å². The van der Waals surface area contributed by atoms with Crippen molar-refractivity contribution in [1.82, 2.24) is 19.9 Å². The molecule has 0 atom stereocenters. The third kappa shape index (κ3) is 5.01. The van der Waals surface area contributed by atoms with Crippen molar-refractivity contribution in [2.75, 3.05) is 11.3 Å². The molecule has 0 saturated heterocycles. The van der Waals surface area contributed by atoms with E-state index in [9.17, 15) is 18.7 Å². The van der Waals surface area contributed by atoms with E-state index in [0.29, 0.717) is 34.7 Å². The van der Waals surface area contributed by atoms with E-state index < -0.39 is 16.5 Å². The number of carbonyl (C=O) groups excluding carboxylic acids is 2. The lowest BCUT2D eigenvalue weighted by molar-refractivity contribution is 0.0880. The number of nitrogens with two attached hydrogens (primary N) is 1. The fraction of sp³-hybridized carbons (Fsp3) is 0.190. The number of anilines is 1. The van der Waals surface area contributed by atoms with Crippen LogP contribution in [0.15, 0.2) is 53.5 Å². The molecule has 0 bridgehead atoms. The minimum atomic E-state index is -3.40. The van der Waals surface area contributed by atoms with Crippen LogP contribution in [0.5, 0.6) is 5.75 Å². The standard InChI is InChI=1S/C21H23N7O5S/c1-21(2,11-33-16-5-3-4-15-18(16)19(22)27-34(31,32)26-15)25-20(30)13-6-7-23-17(8-13)28-9-14(10-29)24-12-28/h3-10,12,26,31-32H,11H2,1-2H3,(H2,22,27)(H,25,30). The average Bonchev–Trinajstić information content (AvgIpc) is 3.26. The maximum Gasteiger partial charge on any atom is 0.252 e. The molecule has 6 N–H and O–H groups in total. The molecule has 0 fully saturated rings. The van der Waals surface area contributed by atoms with Gasteiger partial charge in [-0.05, 0) is 49.1 Å². The van der Waals surface area contributed by atoms with E-state index in [-0.39, 0.29) is 24.0 Å². The summed E-state index contributed by atoms with van der Waals surface area (Å²) in [7, 11) is -3.40. The zero-order chi connectivity index (χ0) is 24.5. The van der Waals surface area contributed by atoms with Crippen LogP contribution in [0.3, 0.4) is 0 Å². The molecule has 13 heteroatoms. The van der Waals surface area contributed by atoms with Gasteiger partial charge < -0.3 is 15.8 Å². The number of benzene rings is 1. The maximum absolute atomic E-state index is 12.9. The van der Waals surface area contributed by atoms with Gasteiger partial charge in [-0.2, -0.15) is 0 Å². The van der Waals surface area contributed by atoms with E-state index in [4.69, 9.17) is 10.5 Å². The van der Waals surface area contributed by atoms with Crippen LogP contribution in [0.4, 0.5) is 5.69 Å². The Morgan fingerprint density at radius 3 is 2.85 bits per heavy atom. The van der Waals surface area contributed by atoms with Crippen molar-refractivity contribution in [2.24, 2.45) is 10.1 Å². The van der Waals surface area contributed by atoms with E-state index >= 15 is 0 Å². The second kappa shape index (κ2) is 8.78. The number of aldehydes is 1. The van der Waals surface area contributed by atoms with Gasteiger partial charge in [0.15, 0.2) is 12.1 Å². The molecule has 1 amide bonds. The number of amidine groups is 1. The van der Waals surface area contributed by atoms with E-state index in [1.165, 1.54) is 18.7 Å². The van der Waals surface area contributed by atoms with Gasteiger partial charge in [-0.3, -0.25) is 28.0 Å². The molecule has 0 saturated carbocycles. The van der Waals surface area contributed by atoms with Crippen molar-refractivity contribution in [2.45, 2.75) is 19.4 Å². The van der Waals surface area contributed by atoms with Crippen LogP contribution in [0.1, 0.15) is 40.3 Å². The molecule has 178 valence electrons. The van der Waals surface area contributed by atoms with Gasteiger partial charge in [0, 0.05) is 18.0 Å². The third-order valence-electron chi connectivity index (χ3n) is 4.79. The maximum atomic E-state index is 12.9. The highest BCUT2D eigenvalue weighted by Gasteiger charge is 2.27. The highest BCUT2D eigenvalue weighted by atomic mass is 32.3. The average molecular weight is 486 g/mol. The molecule has 3 heterocycles. The second-order valence-corrected chi connectivity index (χ2v) is 9.55. The number of hydrogen-bond acceptors (Lipinski definition) is 10. The Morgan fingerprint density at radius 2 is 2.12 bits per heavy atom. The van der Waals surface area contributed by atoms with Gasteiger partial charge >= 0.3 is 0 Å². The molecule has 0 spiro atoms. The fourth-order valence-electron chi connectivity index (χ4n) is 3.25. The number of imidazole rings is 1. The zero-order valence-corrected chi connectivity index (χ0v) is 19.1. The van der Waals surface area contributed by atoms with Gasteiger partial charge in [-0.15, -0.1) is 4.40 Å². The Bertz CT molecular complexity index is 1290. The minimum absolute atomic E-state index is 0.0623. The molecular weight excluding hydrogens is 462 g/mol. The first-order chi connectivity index (χ1) is 16.1. The summed E-state index contributed by atoms with van der Waals surface area (Å²) in [6.45, 7) is 3.67. The van der Waals surface area contributed by atoms with Gasteiger partial charge in [0.2, 0.25) is 0 Å². The van der Waals surface area contributed by atoms with Crippen molar-refractivity contribution in [3.63, 3.8) is 0 Å². The van der Waals surface area contributed by atoms with Crippen LogP contribution < -0.4 is 20.5 Å². The lowest BCUT2D eigenvalue weighted by Crippen LogP contribution is -2.48. The largest absolute Gasteiger partial charge is 0.490 e. The minimum Gasteiger partial charge on any atom is -0.490 e. The molecule has 0 radical (unpaired) electrons. The molecule has 1 aromatic carbocycles. The number of ether oxygens (including phenoxy) is 1. The third-order valence-corrected chi connectivity index (χ3v) is 5.74. The first-order valence-electron chi connectivity index (χ1n) is 10.0. The quantitative estimate of drug-likeness (QED) is 0.314. The van der Waals surface area contributed by atoms with Crippen LogP contribution >= 0.6 is 11.0 Å². The predicted molar refractivity (Wildman–Crippen MR) is 127 cm³/mol. The SMILES string of the molecule is CC(C)(COc1cccc2c1C(N)=NS(O)(O)N2)NC(=O)c1ccnc(-n2cnc(C=O)c2)c1. The van der Waals surface area contributed by atoms with Gasteiger partial charge in [0.05, 0.1) is 16.8 Å². The molecule has 2 aromatic heterocycles. The molecular formula is C21H23N7O5S. The van der Waals surface area contributed by atoms with Gasteiger partial charge in [0.1, 0.15) is 30.2 Å². The topological polar surface area (TPSA) is 177 Å².